The molecule has 5 aromatic carbocycles. The van der Waals surface area contributed by atoms with Crippen molar-refractivity contribution in [3.8, 4) is 22.3 Å². The van der Waals surface area contributed by atoms with Gasteiger partial charge in [0.25, 0.3) is 0 Å². The molecule has 0 radical (unpaired) electrons. The van der Waals surface area contributed by atoms with Crippen molar-refractivity contribution < 1.29 is 0 Å². The highest BCUT2D eigenvalue weighted by molar-refractivity contribution is 5.89. The highest BCUT2D eigenvalue weighted by Crippen LogP contribution is 2.53. The van der Waals surface area contributed by atoms with Crippen molar-refractivity contribution in [1.82, 2.24) is 0 Å². The monoisotopic (exact) mass is 597 g/mol. The molecule has 0 saturated heterocycles. The maximum absolute atomic E-state index is 4.08. The summed E-state index contributed by atoms with van der Waals surface area (Å²) in [7, 11) is 0. The van der Waals surface area contributed by atoms with Gasteiger partial charge in [0.05, 0.1) is 0 Å². The van der Waals surface area contributed by atoms with Crippen LogP contribution in [0.5, 0.6) is 0 Å². The van der Waals surface area contributed by atoms with Crippen LogP contribution in [0.2, 0.25) is 0 Å². The van der Waals surface area contributed by atoms with Gasteiger partial charge in [-0.1, -0.05) is 127 Å². The second-order valence-electron chi connectivity index (χ2n) is 13.9. The molecule has 5 aromatic rings. The van der Waals surface area contributed by atoms with E-state index in [1.807, 2.05) is 12.2 Å². The predicted octanol–water partition coefficient (Wildman–Crippen LogP) is 12.7. The molecule has 0 spiro atoms. The van der Waals surface area contributed by atoms with Crippen LogP contribution in [0.15, 0.2) is 122 Å². The molecule has 0 amide bonds. The van der Waals surface area contributed by atoms with Crippen molar-refractivity contribution in [2.45, 2.75) is 58.8 Å². The van der Waals surface area contributed by atoms with Crippen LogP contribution in [0.3, 0.4) is 0 Å². The van der Waals surface area contributed by atoms with Crippen molar-refractivity contribution >= 4 is 28.7 Å². The van der Waals surface area contributed by atoms with Crippen LogP contribution in [-0.4, -0.2) is 0 Å². The number of aryl methyl sites for hydroxylation is 1. The lowest BCUT2D eigenvalue weighted by Gasteiger charge is -2.30. The van der Waals surface area contributed by atoms with Gasteiger partial charge in [0.15, 0.2) is 0 Å². The Kier molecular flexibility index (Phi) is 7.05. The van der Waals surface area contributed by atoms with E-state index in [0.717, 1.165) is 17.8 Å². The third-order valence-corrected chi connectivity index (χ3v) is 10.5. The SMILES string of the molecule is C=C/C(=C\CC)c1ccc(N(c2ccc3c(c2)C(C)(C)c2ccccc2-3)c2ccc3c(c2)C(C)(C)c2cc(C=C)c(C)cc2-3)cc1. The molecule has 0 aromatic heterocycles. The van der Waals surface area contributed by atoms with E-state index < -0.39 is 0 Å². The molecular formula is C45H43N. The van der Waals surface area contributed by atoms with Crippen molar-refractivity contribution in [2.75, 3.05) is 4.90 Å². The van der Waals surface area contributed by atoms with Gasteiger partial charge in [0.1, 0.15) is 0 Å². The van der Waals surface area contributed by atoms with Gasteiger partial charge < -0.3 is 4.90 Å². The highest BCUT2D eigenvalue weighted by Gasteiger charge is 2.38. The fourth-order valence-corrected chi connectivity index (χ4v) is 7.87. The summed E-state index contributed by atoms with van der Waals surface area (Å²) in [5, 5.41) is 0. The minimum Gasteiger partial charge on any atom is -0.310 e. The van der Waals surface area contributed by atoms with Crippen LogP contribution in [0.25, 0.3) is 33.9 Å². The number of benzene rings is 5. The first-order valence-corrected chi connectivity index (χ1v) is 16.5. The number of rotatable bonds is 7. The highest BCUT2D eigenvalue weighted by atomic mass is 15.1. The molecule has 2 aliphatic rings. The number of hydrogen-bond donors (Lipinski definition) is 0. The first kappa shape index (κ1) is 29.8. The van der Waals surface area contributed by atoms with Crippen LogP contribution < -0.4 is 4.90 Å². The molecule has 1 nitrogen and oxygen atoms in total. The van der Waals surface area contributed by atoms with E-state index in [2.05, 4.69) is 163 Å². The van der Waals surface area contributed by atoms with Crippen molar-refractivity contribution in [3.05, 3.63) is 161 Å². The quantitative estimate of drug-likeness (QED) is 0.169. The average Bonchev–Trinajstić information content (AvgIpc) is 3.42. The van der Waals surface area contributed by atoms with Crippen molar-refractivity contribution in [3.63, 3.8) is 0 Å². The third-order valence-electron chi connectivity index (χ3n) is 10.5. The molecule has 0 atom stereocenters. The third kappa shape index (κ3) is 4.44. The Morgan fingerprint density at radius 1 is 0.630 bits per heavy atom. The number of hydrogen-bond acceptors (Lipinski definition) is 1. The second kappa shape index (κ2) is 10.9. The summed E-state index contributed by atoms with van der Waals surface area (Å²) < 4.78 is 0. The Morgan fingerprint density at radius 3 is 1.78 bits per heavy atom. The van der Waals surface area contributed by atoms with E-state index in [1.54, 1.807) is 0 Å². The van der Waals surface area contributed by atoms with E-state index >= 15 is 0 Å². The Bertz CT molecular complexity index is 2070. The number of allylic oxidation sites excluding steroid dienone is 3. The molecule has 0 heterocycles. The van der Waals surface area contributed by atoms with Gasteiger partial charge in [-0.25, -0.2) is 0 Å². The predicted molar refractivity (Wildman–Crippen MR) is 200 cm³/mol. The molecule has 228 valence electrons. The van der Waals surface area contributed by atoms with E-state index in [0.29, 0.717) is 0 Å². The fourth-order valence-electron chi connectivity index (χ4n) is 7.87. The van der Waals surface area contributed by atoms with Crippen LogP contribution in [0, 0.1) is 6.92 Å². The molecule has 0 saturated carbocycles. The summed E-state index contributed by atoms with van der Waals surface area (Å²) >= 11 is 0. The van der Waals surface area contributed by atoms with Gasteiger partial charge in [-0.05, 0) is 117 Å². The molecule has 0 bridgehead atoms. The van der Waals surface area contributed by atoms with Gasteiger partial charge in [-0.2, -0.15) is 0 Å². The summed E-state index contributed by atoms with van der Waals surface area (Å²) in [6.07, 6.45) is 7.15. The Labute approximate surface area is 275 Å². The summed E-state index contributed by atoms with van der Waals surface area (Å²) in [6.45, 7) is 21.9. The molecule has 2 aliphatic carbocycles. The largest absolute Gasteiger partial charge is 0.310 e. The lowest BCUT2D eigenvalue weighted by molar-refractivity contribution is 0.660. The topological polar surface area (TPSA) is 3.24 Å². The van der Waals surface area contributed by atoms with Gasteiger partial charge in [-0.3, -0.25) is 0 Å². The maximum atomic E-state index is 4.08. The van der Waals surface area contributed by atoms with E-state index in [1.165, 1.54) is 72.5 Å². The minimum absolute atomic E-state index is 0.0798. The van der Waals surface area contributed by atoms with E-state index in [-0.39, 0.29) is 10.8 Å². The number of fused-ring (bicyclic) bond motifs is 6. The number of anilines is 3. The second-order valence-corrected chi connectivity index (χ2v) is 13.9. The van der Waals surface area contributed by atoms with Crippen molar-refractivity contribution in [2.24, 2.45) is 0 Å². The zero-order chi connectivity index (χ0) is 32.4. The Balaban J connectivity index is 1.40. The molecule has 1 heteroatoms. The van der Waals surface area contributed by atoms with Crippen LogP contribution >= 0.6 is 0 Å². The van der Waals surface area contributed by atoms with Crippen LogP contribution in [-0.2, 0) is 10.8 Å². The van der Waals surface area contributed by atoms with Gasteiger partial charge in [0, 0.05) is 27.9 Å². The molecule has 0 aliphatic heterocycles. The zero-order valence-electron chi connectivity index (χ0n) is 28.0. The van der Waals surface area contributed by atoms with Crippen molar-refractivity contribution in [1.29, 1.82) is 0 Å². The molecule has 0 unspecified atom stereocenters. The summed E-state index contributed by atoms with van der Waals surface area (Å²) in [5.41, 5.74) is 18.9. The van der Waals surface area contributed by atoms with Gasteiger partial charge in [-0.15, -0.1) is 0 Å². The van der Waals surface area contributed by atoms with Gasteiger partial charge >= 0.3 is 0 Å². The molecular weight excluding hydrogens is 555 g/mol. The standard InChI is InChI=1S/C45H43N/c1-9-14-30(10-2)32-17-19-33(20-18-32)46(34-21-23-37-36-15-12-13-16-40(36)44(5,6)42(37)27-34)35-22-24-38-39-25-29(4)31(11-3)26-41(39)45(7,8)43(38)28-35/h10-28H,2-3,9H2,1,4-8H3/b30-14+. The Morgan fingerprint density at radius 2 is 1.17 bits per heavy atom. The summed E-state index contributed by atoms with van der Waals surface area (Å²) in [5.74, 6) is 0. The smallest absolute Gasteiger partial charge is 0.0465 e. The average molecular weight is 598 g/mol. The summed E-state index contributed by atoms with van der Waals surface area (Å²) in [6, 6.07) is 36.6. The lowest BCUT2D eigenvalue weighted by Crippen LogP contribution is -2.18. The zero-order valence-corrected chi connectivity index (χ0v) is 28.0. The Hall–Kier alpha value is -4.88. The van der Waals surface area contributed by atoms with Crippen LogP contribution in [0.1, 0.15) is 80.0 Å². The maximum Gasteiger partial charge on any atom is 0.0465 e. The van der Waals surface area contributed by atoms with Gasteiger partial charge in [0.2, 0.25) is 0 Å². The minimum atomic E-state index is -0.132. The first-order chi connectivity index (χ1) is 22.1. The molecule has 0 N–H and O–H groups in total. The first-order valence-electron chi connectivity index (χ1n) is 16.5. The summed E-state index contributed by atoms with van der Waals surface area (Å²) in [4.78, 5) is 2.43. The van der Waals surface area contributed by atoms with Crippen LogP contribution in [0.4, 0.5) is 17.1 Å². The normalized spacial score (nSPS) is 15.0. The van der Waals surface area contributed by atoms with E-state index in [9.17, 15) is 0 Å². The fraction of sp³-hybridized carbons (Fsp3) is 0.200. The molecule has 0 fully saturated rings. The van der Waals surface area contributed by atoms with E-state index in [4.69, 9.17) is 0 Å². The lowest BCUT2D eigenvalue weighted by atomic mass is 9.81. The molecule has 7 rings (SSSR count). The molecule has 46 heavy (non-hydrogen) atoms. The number of nitrogens with zero attached hydrogens (tertiary/aromatic N) is 1.